The molecule has 7 nitrogen and oxygen atoms in total. The van der Waals surface area contributed by atoms with E-state index in [1.165, 1.54) is 30.2 Å². The van der Waals surface area contributed by atoms with Gasteiger partial charge in [-0.3, -0.25) is 9.59 Å². The number of esters is 1. The van der Waals surface area contributed by atoms with Crippen LogP contribution >= 0.6 is 69.6 Å². The lowest BCUT2D eigenvalue weighted by Crippen LogP contribution is -2.57. The van der Waals surface area contributed by atoms with Crippen LogP contribution in [0.5, 0.6) is 5.75 Å². The number of aliphatic carboxylic acids is 1. The number of carboxylic acid groups (broad SMARTS) is 1. The number of halogens is 6. The van der Waals surface area contributed by atoms with Crippen LogP contribution in [0.4, 0.5) is 5.69 Å². The van der Waals surface area contributed by atoms with Gasteiger partial charge < -0.3 is 19.5 Å². The molecule has 0 saturated carbocycles. The fourth-order valence-electron chi connectivity index (χ4n) is 5.14. The molecule has 1 aliphatic heterocycles. The number of anilines is 1. The van der Waals surface area contributed by atoms with Gasteiger partial charge in [-0.25, -0.2) is 4.79 Å². The van der Waals surface area contributed by atoms with E-state index in [0.717, 1.165) is 6.92 Å². The zero-order valence-corrected chi connectivity index (χ0v) is 25.4. The van der Waals surface area contributed by atoms with Crippen molar-refractivity contribution in [2.75, 3.05) is 12.0 Å². The van der Waals surface area contributed by atoms with Gasteiger partial charge in [0.2, 0.25) is 6.10 Å². The number of ether oxygens (including phenoxy) is 2. The second-order valence-electron chi connectivity index (χ2n) is 8.88. The summed E-state index contributed by atoms with van der Waals surface area (Å²) in [5.41, 5.74) is -1.33. The first-order valence-electron chi connectivity index (χ1n) is 11.5. The van der Waals surface area contributed by atoms with Gasteiger partial charge in [-0.2, -0.15) is 0 Å². The number of fused-ring (bicyclic) bond motifs is 1. The maximum Gasteiger partial charge on any atom is 0.346 e. The molecule has 1 heterocycles. The summed E-state index contributed by atoms with van der Waals surface area (Å²) >= 11 is 38.7. The SMILES string of the molecule is COc1ccc2c(c1)C(c1c(Cl)c(Cl)c(Cl)c(Cl)c1Cl)(C(OC(C)=O)C(=O)O)C(C)N2C(=O)c1ccc(Cl)cc1. The van der Waals surface area contributed by atoms with Crippen molar-refractivity contribution in [3.8, 4) is 5.75 Å². The maximum absolute atomic E-state index is 14.0. The van der Waals surface area contributed by atoms with Gasteiger partial charge in [-0.15, -0.1) is 0 Å². The van der Waals surface area contributed by atoms with E-state index >= 15 is 0 Å². The van der Waals surface area contributed by atoms with Crippen molar-refractivity contribution in [1.82, 2.24) is 0 Å². The standard InChI is InChI=1S/C27H19Cl6NO6/c1-11-27(24(26(37)38)40-12(2)35,18-19(29)21(31)23(33)22(32)20(18)30)16-10-15(39-3)8-9-17(16)34(11)25(36)13-4-6-14(28)7-5-13/h4-11,24H,1-3H3,(H,37,38). The van der Waals surface area contributed by atoms with Crippen molar-refractivity contribution >= 4 is 93.1 Å². The van der Waals surface area contributed by atoms with Crippen LogP contribution in [0.3, 0.4) is 0 Å². The van der Waals surface area contributed by atoms with Crippen LogP contribution in [0.15, 0.2) is 42.5 Å². The van der Waals surface area contributed by atoms with Crippen LogP contribution in [0.2, 0.25) is 30.1 Å². The number of carbonyl (C=O) groups is 3. The first kappa shape index (κ1) is 30.6. The molecule has 0 spiro atoms. The third-order valence-corrected chi connectivity index (χ3v) is 9.34. The molecule has 0 radical (unpaired) electrons. The van der Waals surface area contributed by atoms with Gasteiger partial charge in [0.15, 0.2) is 0 Å². The van der Waals surface area contributed by atoms with Crippen LogP contribution in [-0.2, 0) is 19.7 Å². The Balaban J connectivity index is 2.19. The van der Waals surface area contributed by atoms with Crippen LogP contribution in [0, 0.1) is 0 Å². The van der Waals surface area contributed by atoms with Crippen LogP contribution in [0.1, 0.15) is 35.3 Å². The molecule has 13 heteroatoms. The third kappa shape index (κ3) is 4.77. The van der Waals surface area contributed by atoms with Gasteiger partial charge in [0.05, 0.1) is 43.7 Å². The highest BCUT2D eigenvalue weighted by Crippen LogP contribution is 2.59. The minimum atomic E-state index is -1.97. The van der Waals surface area contributed by atoms with Gasteiger partial charge in [-0.05, 0) is 55.0 Å². The van der Waals surface area contributed by atoms with E-state index < -0.39 is 35.4 Å². The summed E-state index contributed by atoms with van der Waals surface area (Å²) in [5.74, 6) is -2.67. The second-order valence-corrected chi connectivity index (χ2v) is 11.2. The normalized spacial score (nSPS) is 18.7. The molecule has 1 aliphatic rings. The average molecular weight is 666 g/mol. The molecule has 3 aromatic rings. The van der Waals surface area contributed by atoms with Crippen molar-refractivity contribution in [3.63, 3.8) is 0 Å². The Morgan fingerprint density at radius 2 is 1.45 bits per heavy atom. The van der Waals surface area contributed by atoms with Crippen molar-refractivity contribution in [3.05, 3.63) is 89.3 Å². The Bertz CT molecular complexity index is 1520. The van der Waals surface area contributed by atoms with E-state index in [1.807, 2.05) is 0 Å². The van der Waals surface area contributed by atoms with Crippen molar-refractivity contribution in [2.45, 2.75) is 31.4 Å². The molecule has 3 atom stereocenters. The fraction of sp³-hybridized carbons (Fsp3) is 0.222. The number of rotatable bonds is 6. The third-order valence-electron chi connectivity index (χ3n) is 6.81. The molecule has 1 N–H and O–H groups in total. The Hall–Kier alpha value is -2.39. The Morgan fingerprint density at radius 1 is 0.900 bits per heavy atom. The number of methoxy groups -OCH3 is 1. The molecule has 0 fully saturated rings. The number of carboxylic acids is 1. The minimum Gasteiger partial charge on any atom is -0.497 e. The largest absolute Gasteiger partial charge is 0.497 e. The minimum absolute atomic E-state index is 0.0997. The highest BCUT2D eigenvalue weighted by atomic mass is 35.5. The fourth-order valence-corrected chi connectivity index (χ4v) is 6.72. The zero-order valence-electron chi connectivity index (χ0n) is 20.9. The van der Waals surface area contributed by atoms with E-state index in [1.54, 1.807) is 31.2 Å². The number of amides is 1. The summed E-state index contributed by atoms with van der Waals surface area (Å²) in [4.78, 5) is 40.7. The molecule has 3 unspecified atom stereocenters. The summed E-state index contributed by atoms with van der Waals surface area (Å²) in [6.07, 6.45) is -1.97. The predicted octanol–water partition coefficient (Wildman–Crippen LogP) is 7.97. The summed E-state index contributed by atoms with van der Waals surface area (Å²) in [7, 11) is 1.41. The highest BCUT2D eigenvalue weighted by Gasteiger charge is 2.62. The van der Waals surface area contributed by atoms with Crippen LogP contribution in [0.25, 0.3) is 0 Å². The van der Waals surface area contributed by atoms with Crippen LogP contribution in [-0.4, -0.2) is 42.2 Å². The summed E-state index contributed by atoms with van der Waals surface area (Å²) in [6.45, 7) is 2.63. The van der Waals surface area contributed by atoms with E-state index in [-0.39, 0.29) is 47.5 Å². The average Bonchev–Trinajstić information content (AvgIpc) is 3.17. The number of benzene rings is 3. The molecule has 210 valence electrons. The zero-order chi connectivity index (χ0) is 29.7. The summed E-state index contributed by atoms with van der Waals surface area (Å²) < 4.78 is 10.9. The van der Waals surface area contributed by atoms with E-state index in [9.17, 15) is 19.5 Å². The lowest BCUT2D eigenvalue weighted by molar-refractivity contribution is -0.167. The molecule has 0 aromatic heterocycles. The van der Waals surface area contributed by atoms with Gasteiger partial charge in [0.1, 0.15) is 5.75 Å². The molecule has 40 heavy (non-hydrogen) atoms. The molecule has 4 rings (SSSR count). The van der Waals surface area contributed by atoms with Gasteiger partial charge >= 0.3 is 11.9 Å². The van der Waals surface area contributed by atoms with Crippen molar-refractivity contribution in [2.24, 2.45) is 0 Å². The van der Waals surface area contributed by atoms with Crippen molar-refractivity contribution in [1.29, 1.82) is 0 Å². The van der Waals surface area contributed by atoms with Crippen molar-refractivity contribution < 1.29 is 29.0 Å². The molecular formula is C27H19Cl6NO6. The van der Waals surface area contributed by atoms with E-state index in [4.69, 9.17) is 79.1 Å². The highest BCUT2D eigenvalue weighted by molar-refractivity contribution is 6.55. The lowest BCUT2D eigenvalue weighted by atomic mass is 9.67. The Labute approximate surface area is 259 Å². The first-order chi connectivity index (χ1) is 18.8. The summed E-state index contributed by atoms with van der Waals surface area (Å²) in [6, 6.07) is 9.72. The topological polar surface area (TPSA) is 93.1 Å². The van der Waals surface area contributed by atoms with Gasteiger partial charge in [0.25, 0.3) is 5.91 Å². The van der Waals surface area contributed by atoms with Gasteiger partial charge in [0, 0.05) is 28.8 Å². The number of hydrogen-bond donors (Lipinski definition) is 1. The first-order valence-corrected chi connectivity index (χ1v) is 13.7. The molecule has 1 amide bonds. The smallest absolute Gasteiger partial charge is 0.346 e. The molecule has 0 aliphatic carbocycles. The lowest BCUT2D eigenvalue weighted by Gasteiger charge is -2.41. The Kier molecular flexibility index (Phi) is 8.77. The number of carbonyl (C=O) groups excluding carboxylic acids is 2. The van der Waals surface area contributed by atoms with E-state index in [0.29, 0.717) is 10.8 Å². The van der Waals surface area contributed by atoms with Gasteiger partial charge in [-0.1, -0.05) is 69.6 Å². The molecular weight excluding hydrogens is 647 g/mol. The molecule has 3 aromatic carbocycles. The van der Waals surface area contributed by atoms with Crippen LogP contribution < -0.4 is 9.64 Å². The molecule has 0 bridgehead atoms. The quantitative estimate of drug-likeness (QED) is 0.163. The monoisotopic (exact) mass is 663 g/mol. The molecule has 0 saturated heterocycles. The summed E-state index contributed by atoms with van der Waals surface area (Å²) in [5, 5.41) is 9.88. The number of nitrogens with zero attached hydrogens (tertiary/aromatic N) is 1. The second kappa shape index (κ2) is 11.5. The number of hydrogen-bond acceptors (Lipinski definition) is 5. The Morgan fingerprint density at radius 3 is 1.95 bits per heavy atom. The predicted molar refractivity (Wildman–Crippen MR) is 156 cm³/mol. The van der Waals surface area contributed by atoms with E-state index in [2.05, 4.69) is 0 Å². The maximum atomic E-state index is 14.0.